The van der Waals surface area contributed by atoms with Gasteiger partial charge in [0.05, 0.1) is 5.54 Å². The molecule has 3 nitrogen and oxygen atoms in total. The molecule has 0 atom stereocenters. The molecular formula is C14H23NO2. The van der Waals surface area contributed by atoms with Gasteiger partial charge in [-0.15, -0.1) is 0 Å². The van der Waals surface area contributed by atoms with Crippen molar-refractivity contribution >= 4 is 11.7 Å². The van der Waals surface area contributed by atoms with Gasteiger partial charge in [0.15, 0.2) is 5.78 Å². The number of piperidine rings is 1. The van der Waals surface area contributed by atoms with Crippen LogP contribution in [0.3, 0.4) is 0 Å². The monoisotopic (exact) mass is 237 g/mol. The summed E-state index contributed by atoms with van der Waals surface area (Å²) < 4.78 is 0. The largest absolute Gasteiger partial charge is 0.331 e. The molecule has 0 radical (unpaired) electrons. The summed E-state index contributed by atoms with van der Waals surface area (Å²) in [6.45, 7) is 4.52. The third-order valence-corrected chi connectivity index (χ3v) is 4.43. The van der Waals surface area contributed by atoms with Crippen LogP contribution in [-0.4, -0.2) is 28.7 Å². The van der Waals surface area contributed by atoms with Gasteiger partial charge in [-0.1, -0.05) is 19.3 Å². The van der Waals surface area contributed by atoms with E-state index in [4.69, 9.17) is 0 Å². The van der Waals surface area contributed by atoms with E-state index >= 15 is 0 Å². The maximum absolute atomic E-state index is 12.2. The molecule has 0 aromatic heterocycles. The Labute approximate surface area is 104 Å². The smallest absolute Gasteiger partial charge is 0.223 e. The molecule has 17 heavy (non-hydrogen) atoms. The predicted molar refractivity (Wildman–Crippen MR) is 66.6 cm³/mol. The van der Waals surface area contributed by atoms with Crippen LogP contribution in [0.1, 0.15) is 58.8 Å². The molecule has 0 bridgehead atoms. The summed E-state index contributed by atoms with van der Waals surface area (Å²) in [7, 11) is 0. The molecule has 1 aliphatic carbocycles. The number of likely N-dealkylation sites (tertiary alicyclic amines) is 1. The van der Waals surface area contributed by atoms with Crippen molar-refractivity contribution in [2.45, 2.75) is 64.3 Å². The summed E-state index contributed by atoms with van der Waals surface area (Å²) in [4.78, 5) is 25.8. The van der Waals surface area contributed by atoms with Crippen molar-refractivity contribution in [3.05, 3.63) is 0 Å². The Kier molecular flexibility index (Phi) is 3.55. The van der Waals surface area contributed by atoms with Gasteiger partial charge >= 0.3 is 0 Å². The fourth-order valence-corrected chi connectivity index (χ4v) is 2.81. The van der Waals surface area contributed by atoms with Crippen LogP contribution in [0.15, 0.2) is 0 Å². The molecule has 0 aromatic carbocycles. The first kappa shape index (κ1) is 12.6. The van der Waals surface area contributed by atoms with E-state index in [1.54, 1.807) is 4.90 Å². The van der Waals surface area contributed by atoms with Crippen molar-refractivity contribution in [3.63, 3.8) is 0 Å². The van der Waals surface area contributed by atoms with Crippen LogP contribution in [0.2, 0.25) is 0 Å². The summed E-state index contributed by atoms with van der Waals surface area (Å²) in [5.74, 6) is 1.15. The number of ketones is 1. The quantitative estimate of drug-likeness (QED) is 0.756. The van der Waals surface area contributed by atoms with Crippen LogP contribution in [0.4, 0.5) is 0 Å². The topological polar surface area (TPSA) is 37.4 Å². The van der Waals surface area contributed by atoms with Gasteiger partial charge in [-0.3, -0.25) is 9.59 Å². The van der Waals surface area contributed by atoms with Crippen LogP contribution in [0.25, 0.3) is 0 Å². The first-order chi connectivity index (χ1) is 8.01. The van der Waals surface area contributed by atoms with E-state index in [9.17, 15) is 9.59 Å². The number of hydrogen-bond acceptors (Lipinski definition) is 2. The molecule has 1 aliphatic heterocycles. The molecular weight excluding hydrogens is 214 g/mol. The second-order valence-corrected chi connectivity index (χ2v) is 5.97. The molecule has 96 valence electrons. The SMILES string of the molecule is CC1(C)C(=O)CCCN1C(=O)CCC1CCC1. The Morgan fingerprint density at radius 1 is 1.35 bits per heavy atom. The number of carbonyl (C=O) groups is 2. The number of nitrogens with zero attached hydrogens (tertiary/aromatic N) is 1. The molecule has 1 heterocycles. The summed E-state index contributed by atoms with van der Waals surface area (Å²) in [6, 6.07) is 0. The Balaban J connectivity index is 1.90. The van der Waals surface area contributed by atoms with Gasteiger partial charge in [0.1, 0.15) is 0 Å². The Morgan fingerprint density at radius 3 is 2.65 bits per heavy atom. The zero-order valence-corrected chi connectivity index (χ0v) is 11.0. The average molecular weight is 237 g/mol. The number of amides is 1. The zero-order valence-electron chi connectivity index (χ0n) is 11.0. The molecule has 3 heteroatoms. The van der Waals surface area contributed by atoms with E-state index < -0.39 is 5.54 Å². The van der Waals surface area contributed by atoms with Gasteiger partial charge in [0.2, 0.25) is 5.91 Å². The fraction of sp³-hybridized carbons (Fsp3) is 0.857. The van der Waals surface area contributed by atoms with Gasteiger partial charge in [-0.25, -0.2) is 0 Å². The van der Waals surface area contributed by atoms with Crippen molar-refractivity contribution in [1.29, 1.82) is 0 Å². The minimum atomic E-state index is -0.574. The van der Waals surface area contributed by atoms with Crippen LogP contribution < -0.4 is 0 Å². The number of carbonyl (C=O) groups excluding carboxylic acids is 2. The van der Waals surface area contributed by atoms with E-state index in [2.05, 4.69) is 0 Å². The van der Waals surface area contributed by atoms with Gasteiger partial charge in [-0.05, 0) is 32.6 Å². The maximum atomic E-state index is 12.2. The van der Waals surface area contributed by atoms with Gasteiger partial charge in [0, 0.05) is 19.4 Å². The molecule has 0 N–H and O–H groups in total. The zero-order chi connectivity index (χ0) is 12.5. The molecule has 1 saturated carbocycles. The van der Waals surface area contributed by atoms with E-state index in [-0.39, 0.29) is 11.7 Å². The highest BCUT2D eigenvalue weighted by Crippen LogP contribution is 2.32. The van der Waals surface area contributed by atoms with Crippen molar-refractivity contribution in [3.8, 4) is 0 Å². The minimum Gasteiger partial charge on any atom is -0.331 e. The lowest BCUT2D eigenvalue weighted by Crippen LogP contribution is -2.56. The van der Waals surface area contributed by atoms with Gasteiger partial charge in [-0.2, -0.15) is 0 Å². The molecule has 0 spiro atoms. The third-order valence-electron chi connectivity index (χ3n) is 4.43. The van der Waals surface area contributed by atoms with E-state index in [0.717, 1.165) is 25.3 Å². The molecule has 2 aliphatic rings. The highest BCUT2D eigenvalue weighted by molar-refractivity contribution is 5.93. The van der Waals surface area contributed by atoms with Crippen molar-refractivity contribution in [1.82, 2.24) is 4.90 Å². The number of hydrogen-bond donors (Lipinski definition) is 0. The van der Waals surface area contributed by atoms with E-state index in [0.29, 0.717) is 12.8 Å². The van der Waals surface area contributed by atoms with Gasteiger partial charge < -0.3 is 4.90 Å². The molecule has 0 unspecified atom stereocenters. The van der Waals surface area contributed by atoms with Crippen LogP contribution >= 0.6 is 0 Å². The number of rotatable bonds is 3. The molecule has 2 fully saturated rings. The number of Topliss-reactive ketones (excluding diaryl/α,β-unsaturated/α-hetero) is 1. The molecule has 0 aromatic rings. The summed E-state index contributed by atoms with van der Waals surface area (Å²) in [6.07, 6.45) is 7.00. The van der Waals surface area contributed by atoms with E-state index in [1.807, 2.05) is 13.8 Å². The summed E-state index contributed by atoms with van der Waals surface area (Å²) in [5, 5.41) is 0. The lowest BCUT2D eigenvalue weighted by molar-refractivity contribution is -0.148. The van der Waals surface area contributed by atoms with Crippen LogP contribution in [-0.2, 0) is 9.59 Å². The normalized spacial score (nSPS) is 24.6. The van der Waals surface area contributed by atoms with Crippen molar-refractivity contribution in [2.75, 3.05) is 6.54 Å². The second kappa shape index (κ2) is 4.79. The molecule has 1 amide bonds. The Bertz CT molecular complexity index is 318. The fourth-order valence-electron chi connectivity index (χ4n) is 2.81. The summed E-state index contributed by atoms with van der Waals surface area (Å²) >= 11 is 0. The lowest BCUT2D eigenvalue weighted by Gasteiger charge is -2.41. The predicted octanol–water partition coefficient (Wildman–Crippen LogP) is 2.54. The molecule has 1 saturated heterocycles. The van der Waals surface area contributed by atoms with Gasteiger partial charge in [0.25, 0.3) is 0 Å². The van der Waals surface area contributed by atoms with Crippen molar-refractivity contribution < 1.29 is 9.59 Å². The standard InChI is InChI=1S/C14H23NO2/c1-14(2)12(16)7-4-10-15(14)13(17)9-8-11-5-3-6-11/h11H,3-10H2,1-2H3. The van der Waals surface area contributed by atoms with Crippen LogP contribution in [0.5, 0.6) is 0 Å². The Morgan fingerprint density at radius 2 is 2.06 bits per heavy atom. The Hall–Kier alpha value is -0.860. The molecule has 2 rings (SSSR count). The first-order valence-electron chi connectivity index (χ1n) is 6.85. The minimum absolute atomic E-state index is 0.176. The lowest BCUT2D eigenvalue weighted by atomic mass is 9.81. The maximum Gasteiger partial charge on any atom is 0.223 e. The summed E-state index contributed by atoms with van der Waals surface area (Å²) in [5.41, 5.74) is -0.574. The van der Waals surface area contributed by atoms with Crippen molar-refractivity contribution in [2.24, 2.45) is 5.92 Å². The first-order valence-corrected chi connectivity index (χ1v) is 6.85. The van der Waals surface area contributed by atoms with Crippen LogP contribution in [0, 0.1) is 5.92 Å². The second-order valence-electron chi connectivity index (χ2n) is 5.97. The van der Waals surface area contributed by atoms with E-state index in [1.165, 1.54) is 19.3 Å². The third kappa shape index (κ3) is 2.53. The average Bonchev–Trinajstić information content (AvgIpc) is 2.19. The highest BCUT2D eigenvalue weighted by Gasteiger charge is 2.39. The highest BCUT2D eigenvalue weighted by atomic mass is 16.2.